The fraction of sp³-hybridized carbons (Fsp3) is 0.133. The van der Waals surface area contributed by atoms with Crippen LogP contribution < -0.4 is 4.74 Å². The second-order valence-corrected chi connectivity index (χ2v) is 6.06. The van der Waals surface area contributed by atoms with Crippen LogP contribution in [0.2, 0.25) is 10.0 Å². The molecule has 0 atom stereocenters. The van der Waals surface area contributed by atoms with Crippen LogP contribution in [-0.4, -0.2) is 23.4 Å². The number of benzene rings is 2. The van der Waals surface area contributed by atoms with Gasteiger partial charge in [0.15, 0.2) is 5.75 Å². The van der Waals surface area contributed by atoms with Gasteiger partial charge in [-0.25, -0.2) is 4.79 Å². The van der Waals surface area contributed by atoms with Crippen molar-refractivity contribution >= 4 is 40.9 Å². The van der Waals surface area contributed by atoms with Crippen molar-refractivity contribution in [1.29, 1.82) is 0 Å². The zero-order valence-electron chi connectivity index (χ0n) is 10.9. The Kier molecular flexibility index (Phi) is 5.79. The van der Waals surface area contributed by atoms with Gasteiger partial charge >= 0.3 is 5.97 Å². The van der Waals surface area contributed by atoms with Crippen molar-refractivity contribution < 1.29 is 14.6 Å². The average Bonchev–Trinajstić information content (AvgIpc) is 2.46. The summed E-state index contributed by atoms with van der Waals surface area (Å²) in [5.41, 5.74) is 0.276. The monoisotopic (exact) mass is 342 g/mol. The Morgan fingerprint density at radius 3 is 2.29 bits per heavy atom. The summed E-state index contributed by atoms with van der Waals surface area (Å²) in [6, 6.07) is 11.9. The Bertz CT molecular complexity index is 609. The predicted molar refractivity (Wildman–Crippen MR) is 86.1 cm³/mol. The largest absolute Gasteiger partial charge is 0.490 e. The number of para-hydroxylation sites is 1. The molecule has 0 aromatic heterocycles. The van der Waals surface area contributed by atoms with Crippen LogP contribution in [-0.2, 0) is 0 Å². The van der Waals surface area contributed by atoms with Crippen molar-refractivity contribution in [3.05, 3.63) is 58.1 Å². The first-order valence-corrected chi connectivity index (χ1v) is 7.85. The fourth-order valence-electron chi connectivity index (χ4n) is 1.62. The molecule has 3 nitrogen and oxygen atoms in total. The topological polar surface area (TPSA) is 46.5 Å². The summed E-state index contributed by atoms with van der Waals surface area (Å²) in [6.07, 6.45) is 0. The molecule has 2 rings (SSSR count). The van der Waals surface area contributed by atoms with Gasteiger partial charge in [0.1, 0.15) is 0 Å². The SMILES string of the molecule is O=C(O)c1ccc(SCCOc2c(Cl)cccc2Cl)cc1. The summed E-state index contributed by atoms with van der Waals surface area (Å²) in [7, 11) is 0. The molecular weight excluding hydrogens is 331 g/mol. The summed E-state index contributed by atoms with van der Waals surface area (Å²) in [4.78, 5) is 11.7. The van der Waals surface area contributed by atoms with E-state index in [0.29, 0.717) is 28.2 Å². The van der Waals surface area contributed by atoms with E-state index < -0.39 is 5.97 Å². The van der Waals surface area contributed by atoms with Crippen molar-refractivity contribution in [2.75, 3.05) is 12.4 Å². The Hall–Kier alpha value is -1.36. The summed E-state index contributed by atoms with van der Waals surface area (Å²) >= 11 is 13.6. The van der Waals surface area contributed by atoms with Crippen molar-refractivity contribution in [3.8, 4) is 5.75 Å². The minimum absolute atomic E-state index is 0.276. The molecule has 0 fully saturated rings. The number of ether oxygens (including phenoxy) is 1. The lowest BCUT2D eigenvalue weighted by molar-refractivity contribution is 0.0697. The molecule has 0 heterocycles. The zero-order chi connectivity index (χ0) is 15.2. The van der Waals surface area contributed by atoms with E-state index >= 15 is 0 Å². The first kappa shape index (κ1) is 16.0. The second-order valence-electron chi connectivity index (χ2n) is 4.08. The van der Waals surface area contributed by atoms with Gasteiger partial charge < -0.3 is 9.84 Å². The number of halogens is 2. The van der Waals surface area contributed by atoms with Crippen molar-refractivity contribution in [1.82, 2.24) is 0 Å². The van der Waals surface area contributed by atoms with Crippen LogP contribution in [0.3, 0.4) is 0 Å². The van der Waals surface area contributed by atoms with Crippen LogP contribution in [0.15, 0.2) is 47.4 Å². The van der Waals surface area contributed by atoms with E-state index in [1.807, 2.05) is 0 Å². The summed E-state index contributed by atoms with van der Waals surface area (Å²) in [6.45, 7) is 0.453. The maximum absolute atomic E-state index is 10.7. The molecule has 0 bridgehead atoms. The standard InChI is InChI=1S/C15H12Cl2O3S/c16-12-2-1-3-13(17)14(12)20-8-9-21-11-6-4-10(5-7-11)15(18)19/h1-7H,8-9H2,(H,18,19). The van der Waals surface area contributed by atoms with Gasteiger partial charge in [0.05, 0.1) is 22.2 Å². The van der Waals surface area contributed by atoms with E-state index in [4.69, 9.17) is 33.0 Å². The Balaban J connectivity index is 1.83. The molecule has 1 N–H and O–H groups in total. The van der Waals surface area contributed by atoms with Gasteiger partial charge in [0.2, 0.25) is 0 Å². The number of carboxylic acid groups (broad SMARTS) is 1. The number of carbonyl (C=O) groups is 1. The highest BCUT2D eigenvalue weighted by atomic mass is 35.5. The number of rotatable bonds is 6. The fourth-order valence-corrected chi connectivity index (χ4v) is 2.85. The minimum Gasteiger partial charge on any atom is -0.490 e. The van der Waals surface area contributed by atoms with E-state index in [2.05, 4.69) is 0 Å². The molecule has 0 unspecified atom stereocenters. The number of hydrogen-bond donors (Lipinski definition) is 1. The van der Waals surface area contributed by atoms with Gasteiger partial charge in [-0.05, 0) is 36.4 Å². The Labute approximate surface area is 136 Å². The Morgan fingerprint density at radius 1 is 1.10 bits per heavy atom. The molecule has 2 aromatic carbocycles. The normalized spacial score (nSPS) is 10.4. The van der Waals surface area contributed by atoms with E-state index in [1.54, 1.807) is 54.2 Å². The molecule has 0 aliphatic carbocycles. The molecule has 0 aliphatic heterocycles. The van der Waals surface area contributed by atoms with Crippen LogP contribution in [0.4, 0.5) is 0 Å². The van der Waals surface area contributed by atoms with E-state index in [-0.39, 0.29) is 5.56 Å². The quantitative estimate of drug-likeness (QED) is 0.601. The molecule has 0 saturated heterocycles. The molecule has 0 saturated carbocycles. The number of aromatic carboxylic acids is 1. The minimum atomic E-state index is -0.928. The highest BCUT2D eigenvalue weighted by Gasteiger charge is 2.06. The molecule has 110 valence electrons. The lowest BCUT2D eigenvalue weighted by Crippen LogP contribution is -2.01. The zero-order valence-corrected chi connectivity index (χ0v) is 13.2. The number of carboxylic acids is 1. The van der Waals surface area contributed by atoms with Crippen molar-refractivity contribution in [3.63, 3.8) is 0 Å². The summed E-state index contributed by atoms with van der Waals surface area (Å²) in [5.74, 6) is 0.263. The van der Waals surface area contributed by atoms with E-state index in [9.17, 15) is 4.79 Å². The molecule has 21 heavy (non-hydrogen) atoms. The molecule has 0 aliphatic rings. The average molecular weight is 343 g/mol. The molecular formula is C15H12Cl2O3S. The molecule has 2 aromatic rings. The highest BCUT2D eigenvalue weighted by Crippen LogP contribution is 2.32. The molecule has 0 amide bonds. The molecule has 6 heteroatoms. The van der Waals surface area contributed by atoms with Gasteiger partial charge in [0.25, 0.3) is 0 Å². The van der Waals surface area contributed by atoms with E-state index in [0.717, 1.165) is 4.90 Å². The van der Waals surface area contributed by atoms with Gasteiger partial charge in [-0.3, -0.25) is 0 Å². The van der Waals surface area contributed by atoms with Gasteiger partial charge in [-0.15, -0.1) is 11.8 Å². The smallest absolute Gasteiger partial charge is 0.335 e. The lowest BCUT2D eigenvalue weighted by atomic mass is 10.2. The maximum Gasteiger partial charge on any atom is 0.335 e. The maximum atomic E-state index is 10.7. The third-order valence-corrected chi connectivity index (χ3v) is 4.19. The van der Waals surface area contributed by atoms with Gasteiger partial charge in [-0.1, -0.05) is 29.3 Å². The second kappa shape index (κ2) is 7.59. The van der Waals surface area contributed by atoms with Gasteiger partial charge in [-0.2, -0.15) is 0 Å². The number of hydrogen-bond acceptors (Lipinski definition) is 3. The van der Waals surface area contributed by atoms with Crippen LogP contribution in [0.5, 0.6) is 5.75 Å². The molecule has 0 spiro atoms. The highest BCUT2D eigenvalue weighted by molar-refractivity contribution is 7.99. The summed E-state index contributed by atoms with van der Waals surface area (Å²) < 4.78 is 5.57. The van der Waals surface area contributed by atoms with Crippen LogP contribution in [0, 0.1) is 0 Å². The van der Waals surface area contributed by atoms with Crippen LogP contribution in [0.1, 0.15) is 10.4 Å². The summed E-state index contributed by atoms with van der Waals surface area (Å²) in [5, 5.41) is 9.79. The first-order valence-electron chi connectivity index (χ1n) is 6.11. The van der Waals surface area contributed by atoms with Gasteiger partial charge in [0, 0.05) is 10.6 Å². The van der Waals surface area contributed by atoms with Crippen molar-refractivity contribution in [2.45, 2.75) is 4.90 Å². The van der Waals surface area contributed by atoms with Crippen LogP contribution in [0.25, 0.3) is 0 Å². The lowest BCUT2D eigenvalue weighted by Gasteiger charge is -2.09. The predicted octanol–water partition coefficient (Wildman–Crippen LogP) is 4.86. The van der Waals surface area contributed by atoms with Crippen LogP contribution >= 0.6 is 35.0 Å². The number of thioether (sulfide) groups is 1. The molecule has 0 radical (unpaired) electrons. The van der Waals surface area contributed by atoms with E-state index in [1.165, 1.54) is 0 Å². The third-order valence-electron chi connectivity index (χ3n) is 2.62. The Morgan fingerprint density at radius 2 is 1.71 bits per heavy atom. The third kappa shape index (κ3) is 4.56. The van der Waals surface area contributed by atoms with Crippen molar-refractivity contribution in [2.24, 2.45) is 0 Å². The first-order chi connectivity index (χ1) is 10.1.